The van der Waals surface area contributed by atoms with E-state index in [1.807, 2.05) is 6.20 Å². The molecule has 3 nitrogen and oxygen atoms in total. The van der Waals surface area contributed by atoms with Crippen LogP contribution in [-0.2, 0) is 17.6 Å². The summed E-state index contributed by atoms with van der Waals surface area (Å²) in [5.41, 5.74) is 2.45. The van der Waals surface area contributed by atoms with Gasteiger partial charge in [-0.2, -0.15) is 0 Å². The van der Waals surface area contributed by atoms with E-state index in [4.69, 9.17) is 0 Å². The number of unbranched alkanes of at least 4 members (excludes halogenated alkanes) is 1. The van der Waals surface area contributed by atoms with E-state index in [9.17, 15) is 4.79 Å². The van der Waals surface area contributed by atoms with E-state index in [2.05, 4.69) is 32.3 Å². The highest BCUT2D eigenvalue weighted by molar-refractivity contribution is 9.09. The molecule has 0 fully saturated rings. The minimum absolute atomic E-state index is 0.0760. The number of carbonyl (C=O) groups excluding carboxylic acids is 1. The second-order valence-corrected chi connectivity index (χ2v) is 4.84. The van der Waals surface area contributed by atoms with Crippen LogP contribution in [0.5, 0.6) is 0 Å². The fourth-order valence-corrected chi connectivity index (χ4v) is 2.26. The first-order valence-corrected chi connectivity index (χ1v) is 6.75. The van der Waals surface area contributed by atoms with Crippen molar-refractivity contribution in [1.82, 2.24) is 4.98 Å². The molecule has 1 aliphatic heterocycles. The van der Waals surface area contributed by atoms with Gasteiger partial charge in [0.1, 0.15) is 5.82 Å². The first-order chi connectivity index (χ1) is 7.79. The molecule has 1 N–H and O–H groups in total. The van der Waals surface area contributed by atoms with Gasteiger partial charge in [0.15, 0.2) is 0 Å². The molecule has 0 aromatic carbocycles. The van der Waals surface area contributed by atoms with Gasteiger partial charge in [-0.1, -0.05) is 22.0 Å². The van der Waals surface area contributed by atoms with Crippen molar-refractivity contribution in [2.75, 3.05) is 10.6 Å². The smallest absolute Gasteiger partial charge is 0.225 e. The van der Waals surface area contributed by atoms with Gasteiger partial charge in [-0.25, -0.2) is 4.98 Å². The highest BCUT2D eigenvalue weighted by Crippen LogP contribution is 2.21. The number of fused-ring (bicyclic) bond motifs is 1. The zero-order valence-electron chi connectivity index (χ0n) is 9.13. The third-order valence-electron chi connectivity index (χ3n) is 2.75. The van der Waals surface area contributed by atoms with E-state index < -0.39 is 0 Å². The van der Waals surface area contributed by atoms with Gasteiger partial charge in [-0.05, 0) is 36.8 Å². The van der Waals surface area contributed by atoms with Crippen LogP contribution in [0.25, 0.3) is 0 Å². The van der Waals surface area contributed by atoms with Gasteiger partial charge in [0.25, 0.3) is 0 Å². The van der Waals surface area contributed by atoms with Gasteiger partial charge in [0.2, 0.25) is 5.91 Å². The lowest BCUT2D eigenvalue weighted by Crippen LogP contribution is -2.20. The van der Waals surface area contributed by atoms with Crippen LogP contribution in [-0.4, -0.2) is 16.2 Å². The number of hydrogen-bond donors (Lipinski definition) is 1. The number of aryl methyl sites for hydroxylation is 2. The molecule has 0 radical (unpaired) electrons. The van der Waals surface area contributed by atoms with Crippen LogP contribution in [0.3, 0.4) is 0 Å². The second-order valence-electron chi connectivity index (χ2n) is 4.05. The summed E-state index contributed by atoms with van der Waals surface area (Å²) in [6.45, 7) is 0. The number of rotatable bonds is 4. The van der Waals surface area contributed by atoms with Crippen LogP contribution in [0, 0.1) is 0 Å². The molecule has 0 bridgehead atoms. The average molecular weight is 283 g/mol. The Morgan fingerprint density at radius 2 is 2.25 bits per heavy atom. The summed E-state index contributed by atoms with van der Waals surface area (Å²) < 4.78 is 0. The molecule has 4 heteroatoms. The fourth-order valence-electron chi connectivity index (χ4n) is 1.87. The average Bonchev–Trinajstić information content (AvgIpc) is 2.29. The van der Waals surface area contributed by atoms with Gasteiger partial charge in [-0.3, -0.25) is 4.79 Å². The van der Waals surface area contributed by atoms with Crippen LogP contribution >= 0.6 is 15.9 Å². The maximum absolute atomic E-state index is 11.2. The third-order valence-corrected chi connectivity index (χ3v) is 3.31. The van der Waals surface area contributed by atoms with Gasteiger partial charge in [0.05, 0.1) is 0 Å². The molecule has 1 amide bonds. The standard InChI is InChI=1S/C12H15BrN2O/c13-6-2-1-3-9-7-10-4-5-11(16)15-12(10)14-8-9/h7-8H,1-6H2,(H,14,15,16). The molecular weight excluding hydrogens is 268 g/mol. The highest BCUT2D eigenvalue weighted by atomic mass is 79.9. The number of carbonyl (C=O) groups is 1. The Morgan fingerprint density at radius 3 is 3.06 bits per heavy atom. The van der Waals surface area contributed by atoms with Crippen molar-refractivity contribution in [3.8, 4) is 0 Å². The lowest BCUT2D eigenvalue weighted by molar-refractivity contribution is -0.116. The number of hydrogen-bond acceptors (Lipinski definition) is 2. The van der Waals surface area contributed by atoms with E-state index in [1.54, 1.807) is 0 Å². The first-order valence-electron chi connectivity index (χ1n) is 5.63. The van der Waals surface area contributed by atoms with Gasteiger partial charge in [-0.15, -0.1) is 0 Å². The number of pyridine rings is 1. The Labute approximate surface area is 104 Å². The Bertz CT molecular complexity index is 393. The number of halogens is 1. The summed E-state index contributed by atoms with van der Waals surface area (Å²) in [5, 5.41) is 3.85. The van der Waals surface area contributed by atoms with Crippen molar-refractivity contribution in [1.29, 1.82) is 0 Å². The van der Waals surface area contributed by atoms with Crippen LogP contribution < -0.4 is 5.32 Å². The Morgan fingerprint density at radius 1 is 1.38 bits per heavy atom. The number of nitrogens with one attached hydrogen (secondary N) is 1. The van der Waals surface area contributed by atoms with Crippen molar-refractivity contribution in [3.05, 3.63) is 23.4 Å². The van der Waals surface area contributed by atoms with Crippen molar-refractivity contribution < 1.29 is 4.79 Å². The van der Waals surface area contributed by atoms with Crippen LogP contribution in [0.1, 0.15) is 30.4 Å². The fraction of sp³-hybridized carbons (Fsp3) is 0.500. The molecule has 2 heterocycles. The van der Waals surface area contributed by atoms with Crippen molar-refractivity contribution in [3.63, 3.8) is 0 Å². The zero-order valence-corrected chi connectivity index (χ0v) is 10.7. The maximum atomic E-state index is 11.2. The molecule has 0 atom stereocenters. The van der Waals surface area contributed by atoms with Crippen molar-refractivity contribution in [2.24, 2.45) is 0 Å². The topological polar surface area (TPSA) is 42.0 Å². The van der Waals surface area contributed by atoms with Gasteiger partial charge >= 0.3 is 0 Å². The highest BCUT2D eigenvalue weighted by Gasteiger charge is 2.15. The predicted molar refractivity (Wildman–Crippen MR) is 67.9 cm³/mol. The lowest BCUT2D eigenvalue weighted by atomic mass is 10.0. The molecule has 1 aromatic rings. The minimum atomic E-state index is 0.0760. The van der Waals surface area contributed by atoms with E-state index in [0.29, 0.717) is 6.42 Å². The molecule has 86 valence electrons. The number of alkyl halides is 1. The lowest BCUT2D eigenvalue weighted by Gasteiger charge is -2.16. The van der Waals surface area contributed by atoms with E-state index in [1.165, 1.54) is 24.0 Å². The van der Waals surface area contributed by atoms with Crippen LogP contribution in [0.15, 0.2) is 12.3 Å². The number of nitrogens with zero attached hydrogens (tertiary/aromatic N) is 1. The minimum Gasteiger partial charge on any atom is -0.310 e. The summed E-state index contributed by atoms with van der Waals surface area (Å²) >= 11 is 3.43. The van der Waals surface area contributed by atoms with Crippen molar-refractivity contribution >= 4 is 27.7 Å². The Kier molecular flexibility index (Phi) is 3.93. The number of amides is 1. The van der Waals surface area contributed by atoms with E-state index in [-0.39, 0.29) is 5.91 Å². The molecule has 1 aromatic heterocycles. The van der Waals surface area contributed by atoms with Gasteiger partial charge < -0.3 is 5.32 Å². The van der Waals surface area contributed by atoms with Crippen molar-refractivity contribution in [2.45, 2.75) is 32.1 Å². The molecule has 2 rings (SSSR count). The third kappa shape index (κ3) is 2.82. The maximum Gasteiger partial charge on any atom is 0.225 e. The molecule has 0 unspecified atom stereocenters. The second kappa shape index (κ2) is 5.43. The summed E-state index contributed by atoms with van der Waals surface area (Å²) in [5.74, 6) is 0.826. The molecule has 0 spiro atoms. The van der Waals surface area contributed by atoms with Crippen LogP contribution in [0.2, 0.25) is 0 Å². The number of anilines is 1. The number of aromatic nitrogens is 1. The molecule has 0 aliphatic carbocycles. The normalized spacial score (nSPS) is 14.4. The monoisotopic (exact) mass is 282 g/mol. The largest absolute Gasteiger partial charge is 0.310 e. The summed E-state index contributed by atoms with van der Waals surface area (Å²) in [6, 6.07) is 2.18. The molecule has 0 saturated heterocycles. The van der Waals surface area contributed by atoms with Gasteiger partial charge in [0, 0.05) is 17.9 Å². The van der Waals surface area contributed by atoms with E-state index >= 15 is 0 Å². The van der Waals surface area contributed by atoms with Crippen LogP contribution in [0.4, 0.5) is 5.82 Å². The Balaban J connectivity index is 2.04. The zero-order chi connectivity index (χ0) is 11.4. The first kappa shape index (κ1) is 11.6. The predicted octanol–water partition coefficient (Wildman–Crippen LogP) is 2.68. The summed E-state index contributed by atoms with van der Waals surface area (Å²) in [6.07, 6.45) is 6.71. The summed E-state index contributed by atoms with van der Waals surface area (Å²) in [4.78, 5) is 15.5. The molecule has 1 aliphatic rings. The SMILES string of the molecule is O=C1CCc2cc(CCCCBr)cnc2N1. The summed E-state index contributed by atoms with van der Waals surface area (Å²) in [7, 11) is 0. The molecular formula is C12H15BrN2O. The quantitative estimate of drug-likeness (QED) is 0.682. The Hall–Kier alpha value is -0.900. The molecule has 16 heavy (non-hydrogen) atoms. The van der Waals surface area contributed by atoms with E-state index in [0.717, 1.165) is 24.0 Å². The molecule has 0 saturated carbocycles.